The Labute approximate surface area is 199 Å². The van der Waals surface area contributed by atoms with Gasteiger partial charge in [0.2, 0.25) is 11.5 Å². The summed E-state index contributed by atoms with van der Waals surface area (Å²) in [5, 5.41) is 20.5. The molecule has 0 spiro atoms. The standard InChI is InChI=1S/C24H34O10/c1-27-19-7-15(8-20(28-2)23(19)31-5)11-33-13-17(25)18(26)14-34-12-16-9-21(29-3)24(32-6)22(10-16)30-4/h7-10,17-18,25-26H,11-14H2,1-6H3/t17-,18-/m0/s1. The predicted molar refractivity (Wildman–Crippen MR) is 124 cm³/mol. The zero-order chi connectivity index (χ0) is 25.1. The van der Waals surface area contributed by atoms with Gasteiger partial charge < -0.3 is 48.1 Å². The third-order valence-corrected chi connectivity index (χ3v) is 5.01. The molecule has 2 aromatic carbocycles. The van der Waals surface area contributed by atoms with Crippen LogP contribution in [0.4, 0.5) is 0 Å². The average molecular weight is 483 g/mol. The highest BCUT2D eigenvalue weighted by Crippen LogP contribution is 2.39. The summed E-state index contributed by atoms with van der Waals surface area (Å²) in [7, 11) is 9.16. The van der Waals surface area contributed by atoms with Crippen LogP contribution in [0.1, 0.15) is 11.1 Å². The Morgan fingerprint density at radius 2 is 0.824 bits per heavy atom. The molecule has 2 atom stereocenters. The quantitative estimate of drug-likeness (QED) is 0.392. The van der Waals surface area contributed by atoms with Crippen LogP contribution in [0.15, 0.2) is 24.3 Å². The molecule has 0 fully saturated rings. The van der Waals surface area contributed by atoms with Gasteiger partial charge in [0.1, 0.15) is 12.2 Å². The van der Waals surface area contributed by atoms with Gasteiger partial charge in [-0.15, -0.1) is 0 Å². The van der Waals surface area contributed by atoms with Crippen molar-refractivity contribution in [3.8, 4) is 34.5 Å². The van der Waals surface area contributed by atoms with E-state index in [4.69, 9.17) is 37.9 Å². The number of aliphatic hydroxyl groups excluding tert-OH is 2. The number of rotatable bonds is 15. The molecule has 2 aromatic rings. The van der Waals surface area contributed by atoms with Gasteiger partial charge in [0.05, 0.1) is 69.1 Å². The van der Waals surface area contributed by atoms with Gasteiger partial charge in [-0.05, 0) is 35.4 Å². The van der Waals surface area contributed by atoms with Crippen molar-refractivity contribution in [2.45, 2.75) is 25.4 Å². The molecule has 0 aliphatic rings. The molecule has 2 N–H and O–H groups in total. The number of aliphatic hydroxyl groups is 2. The van der Waals surface area contributed by atoms with Gasteiger partial charge in [0, 0.05) is 0 Å². The molecular weight excluding hydrogens is 448 g/mol. The largest absolute Gasteiger partial charge is 0.493 e. The fourth-order valence-electron chi connectivity index (χ4n) is 3.25. The predicted octanol–water partition coefficient (Wildman–Crippen LogP) is 2.19. The Kier molecular flexibility index (Phi) is 11.0. The zero-order valence-corrected chi connectivity index (χ0v) is 20.5. The second-order valence-electron chi connectivity index (χ2n) is 7.23. The molecule has 10 nitrogen and oxygen atoms in total. The summed E-state index contributed by atoms with van der Waals surface area (Å²) in [6.07, 6.45) is -2.27. The summed E-state index contributed by atoms with van der Waals surface area (Å²) in [6, 6.07) is 7.02. The van der Waals surface area contributed by atoms with E-state index >= 15 is 0 Å². The summed E-state index contributed by atoms with van der Waals surface area (Å²) >= 11 is 0. The van der Waals surface area contributed by atoms with Crippen molar-refractivity contribution in [2.24, 2.45) is 0 Å². The molecule has 10 heteroatoms. The van der Waals surface area contributed by atoms with Crippen LogP contribution in [0.25, 0.3) is 0 Å². The highest BCUT2D eigenvalue weighted by Gasteiger charge is 2.19. The first-order valence-corrected chi connectivity index (χ1v) is 10.5. The Bertz CT molecular complexity index is 778. The summed E-state index contributed by atoms with van der Waals surface area (Å²) in [6.45, 7) is 0.163. The third kappa shape index (κ3) is 7.04. The van der Waals surface area contributed by atoms with Crippen LogP contribution in [0.3, 0.4) is 0 Å². The molecule has 0 saturated carbocycles. The Hall–Kier alpha value is -2.92. The maximum atomic E-state index is 10.2. The minimum atomic E-state index is -1.14. The first-order chi connectivity index (χ1) is 16.4. The second kappa shape index (κ2) is 13.7. The van der Waals surface area contributed by atoms with Crippen molar-refractivity contribution in [1.82, 2.24) is 0 Å². The van der Waals surface area contributed by atoms with E-state index in [2.05, 4.69) is 0 Å². The third-order valence-electron chi connectivity index (χ3n) is 5.01. The van der Waals surface area contributed by atoms with Crippen molar-refractivity contribution in [3.63, 3.8) is 0 Å². The molecular formula is C24H34O10. The summed E-state index contributed by atoms with van der Waals surface area (Å²) in [5.74, 6) is 2.96. The molecule has 0 heterocycles. The highest BCUT2D eigenvalue weighted by atomic mass is 16.5. The Morgan fingerprint density at radius 3 is 1.06 bits per heavy atom. The van der Waals surface area contributed by atoms with E-state index in [-0.39, 0.29) is 26.4 Å². The number of benzene rings is 2. The lowest BCUT2D eigenvalue weighted by Gasteiger charge is -2.19. The van der Waals surface area contributed by atoms with Crippen LogP contribution in [0.2, 0.25) is 0 Å². The number of methoxy groups -OCH3 is 6. The van der Waals surface area contributed by atoms with Crippen molar-refractivity contribution in [3.05, 3.63) is 35.4 Å². The molecule has 0 radical (unpaired) electrons. The molecule has 0 unspecified atom stereocenters. The maximum Gasteiger partial charge on any atom is 0.203 e. The molecule has 0 bridgehead atoms. The van der Waals surface area contributed by atoms with Gasteiger partial charge in [0.15, 0.2) is 23.0 Å². The first kappa shape index (κ1) is 27.3. The topological polar surface area (TPSA) is 114 Å². The van der Waals surface area contributed by atoms with E-state index in [9.17, 15) is 10.2 Å². The van der Waals surface area contributed by atoms with Crippen molar-refractivity contribution in [1.29, 1.82) is 0 Å². The van der Waals surface area contributed by atoms with Gasteiger partial charge in [0.25, 0.3) is 0 Å². The van der Waals surface area contributed by atoms with Crippen LogP contribution in [0, 0.1) is 0 Å². The van der Waals surface area contributed by atoms with Gasteiger partial charge in [-0.2, -0.15) is 0 Å². The zero-order valence-electron chi connectivity index (χ0n) is 20.5. The fraction of sp³-hybridized carbons (Fsp3) is 0.500. The first-order valence-electron chi connectivity index (χ1n) is 10.5. The van der Waals surface area contributed by atoms with Crippen LogP contribution in [-0.2, 0) is 22.7 Å². The van der Waals surface area contributed by atoms with Crippen LogP contribution < -0.4 is 28.4 Å². The summed E-state index contributed by atoms with van der Waals surface area (Å²) in [4.78, 5) is 0. The van der Waals surface area contributed by atoms with Crippen LogP contribution >= 0.6 is 0 Å². The molecule has 0 saturated heterocycles. The normalized spacial score (nSPS) is 12.6. The Morgan fingerprint density at radius 1 is 0.529 bits per heavy atom. The molecule has 0 aromatic heterocycles. The SMILES string of the molecule is COc1cc(COC[C@H](O)[C@@H](O)COCc2cc(OC)c(OC)c(OC)c2)cc(OC)c1OC. The lowest BCUT2D eigenvalue weighted by atomic mass is 10.2. The van der Waals surface area contributed by atoms with Gasteiger partial charge in [-0.25, -0.2) is 0 Å². The van der Waals surface area contributed by atoms with E-state index in [0.717, 1.165) is 11.1 Å². The molecule has 34 heavy (non-hydrogen) atoms. The molecule has 0 aliphatic heterocycles. The summed E-state index contributed by atoms with van der Waals surface area (Å²) in [5.41, 5.74) is 1.52. The molecule has 190 valence electrons. The van der Waals surface area contributed by atoms with Crippen LogP contribution in [0.5, 0.6) is 34.5 Å². The van der Waals surface area contributed by atoms with Crippen molar-refractivity contribution >= 4 is 0 Å². The smallest absolute Gasteiger partial charge is 0.203 e. The van der Waals surface area contributed by atoms with E-state index in [0.29, 0.717) is 34.5 Å². The van der Waals surface area contributed by atoms with Gasteiger partial charge >= 0.3 is 0 Å². The summed E-state index contributed by atoms with van der Waals surface area (Å²) < 4.78 is 43.0. The number of ether oxygens (including phenoxy) is 8. The molecule has 0 amide bonds. The van der Waals surface area contributed by atoms with E-state index in [1.54, 1.807) is 24.3 Å². The van der Waals surface area contributed by atoms with E-state index < -0.39 is 12.2 Å². The minimum Gasteiger partial charge on any atom is -0.493 e. The van der Waals surface area contributed by atoms with Crippen molar-refractivity contribution in [2.75, 3.05) is 55.9 Å². The lowest BCUT2D eigenvalue weighted by Crippen LogP contribution is -2.34. The minimum absolute atomic E-state index is 0.0919. The Balaban J connectivity index is 1.86. The average Bonchev–Trinajstić information content (AvgIpc) is 2.86. The number of hydrogen-bond acceptors (Lipinski definition) is 10. The van der Waals surface area contributed by atoms with Gasteiger partial charge in [-0.3, -0.25) is 0 Å². The monoisotopic (exact) mass is 482 g/mol. The molecule has 2 rings (SSSR count). The fourth-order valence-corrected chi connectivity index (χ4v) is 3.25. The van der Waals surface area contributed by atoms with E-state index in [1.807, 2.05) is 0 Å². The maximum absolute atomic E-state index is 10.2. The lowest BCUT2D eigenvalue weighted by molar-refractivity contribution is -0.0758. The van der Waals surface area contributed by atoms with E-state index in [1.165, 1.54) is 42.7 Å². The van der Waals surface area contributed by atoms with Gasteiger partial charge in [-0.1, -0.05) is 0 Å². The van der Waals surface area contributed by atoms with Crippen molar-refractivity contribution < 1.29 is 48.1 Å². The number of hydrogen-bond donors (Lipinski definition) is 2. The second-order valence-corrected chi connectivity index (χ2v) is 7.23. The highest BCUT2D eigenvalue weighted by molar-refractivity contribution is 5.54. The molecule has 0 aliphatic carbocycles. The van der Waals surface area contributed by atoms with Crippen LogP contribution in [-0.4, -0.2) is 78.3 Å².